The van der Waals surface area contributed by atoms with Crippen LogP contribution >= 0.6 is 0 Å². The number of benzene rings is 2. The first kappa shape index (κ1) is 22.2. The Balaban J connectivity index is 1.37. The smallest absolute Gasteiger partial charge is 0.251 e. The lowest BCUT2D eigenvalue weighted by molar-refractivity contribution is 0.0486. The van der Waals surface area contributed by atoms with Gasteiger partial charge in [0.25, 0.3) is 5.91 Å². The lowest BCUT2D eigenvalue weighted by Crippen LogP contribution is -2.44. The van der Waals surface area contributed by atoms with Gasteiger partial charge in [-0.1, -0.05) is 12.1 Å². The summed E-state index contributed by atoms with van der Waals surface area (Å²) in [5.41, 5.74) is 1.85. The zero-order valence-electron chi connectivity index (χ0n) is 18.6. The van der Waals surface area contributed by atoms with E-state index >= 15 is 0 Å². The Labute approximate surface area is 193 Å². The average molecular weight is 473 g/mol. The summed E-state index contributed by atoms with van der Waals surface area (Å²) in [7, 11) is -3.64. The van der Waals surface area contributed by atoms with Crippen LogP contribution in [0, 0.1) is 6.92 Å². The molecule has 2 aromatic carbocycles. The van der Waals surface area contributed by atoms with Crippen molar-refractivity contribution in [2.24, 2.45) is 0 Å². The molecule has 33 heavy (non-hydrogen) atoms. The van der Waals surface area contributed by atoms with Crippen molar-refractivity contribution in [2.75, 3.05) is 26.6 Å². The van der Waals surface area contributed by atoms with Crippen molar-refractivity contribution >= 4 is 15.9 Å². The predicted molar refractivity (Wildman–Crippen MR) is 121 cm³/mol. The normalized spacial score (nSPS) is 19.3. The van der Waals surface area contributed by atoms with Gasteiger partial charge in [0.15, 0.2) is 11.5 Å². The van der Waals surface area contributed by atoms with E-state index in [0.717, 1.165) is 42.6 Å². The second-order valence-corrected chi connectivity index (χ2v) is 10.7. The maximum Gasteiger partial charge on any atom is 0.251 e. The van der Waals surface area contributed by atoms with Gasteiger partial charge >= 0.3 is 0 Å². The number of hydrogen-bond acceptors (Lipinski definition) is 6. The molecule has 2 aliphatic heterocycles. The van der Waals surface area contributed by atoms with Gasteiger partial charge in [0.2, 0.25) is 16.8 Å². The third-order valence-electron chi connectivity index (χ3n) is 6.69. The van der Waals surface area contributed by atoms with Gasteiger partial charge in [0.05, 0.1) is 4.90 Å². The first-order valence-electron chi connectivity index (χ1n) is 11.3. The molecule has 0 bridgehead atoms. The molecule has 9 heteroatoms. The minimum absolute atomic E-state index is 0.00339. The molecule has 1 saturated heterocycles. The summed E-state index contributed by atoms with van der Waals surface area (Å²) in [5.74, 6) is 1.14. The Kier molecular flexibility index (Phi) is 5.80. The molecule has 176 valence electrons. The highest BCUT2D eigenvalue weighted by atomic mass is 32.2. The predicted octanol–water partition coefficient (Wildman–Crippen LogP) is 2.64. The van der Waals surface area contributed by atoms with Crippen molar-refractivity contribution in [3.8, 4) is 11.5 Å². The zero-order chi connectivity index (χ0) is 23.1. The van der Waals surface area contributed by atoms with E-state index in [1.165, 1.54) is 6.07 Å². The summed E-state index contributed by atoms with van der Waals surface area (Å²) >= 11 is 0. The fourth-order valence-corrected chi connectivity index (χ4v) is 5.73. The molecule has 0 aromatic heterocycles. The third-order valence-corrected chi connectivity index (χ3v) is 8.20. The minimum Gasteiger partial charge on any atom is -0.454 e. The number of amides is 1. The first-order chi connectivity index (χ1) is 15.9. The van der Waals surface area contributed by atoms with Crippen molar-refractivity contribution in [1.29, 1.82) is 0 Å². The topological polar surface area (TPSA) is 103 Å². The first-order valence-corrected chi connectivity index (χ1v) is 12.7. The molecule has 0 radical (unpaired) electrons. The van der Waals surface area contributed by atoms with Crippen LogP contribution in [0.4, 0.5) is 0 Å². The van der Waals surface area contributed by atoms with Crippen molar-refractivity contribution in [1.82, 2.24) is 10.0 Å². The highest BCUT2D eigenvalue weighted by Gasteiger charge is 2.36. The summed E-state index contributed by atoms with van der Waals surface area (Å²) in [6.07, 6.45) is 3.21. The van der Waals surface area contributed by atoms with Crippen LogP contribution < -0.4 is 19.5 Å². The lowest BCUT2D eigenvalue weighted by Gasteiger charge is -2.38. The SMILES string of the molecule is Cc1ccc(S(=O)(=O)NC2CC2)cc1C(=O)NCC1(c2ccc3c(c2)OCO3)CCOCC1. The van der Waals surface area contributed by atoms with Crippen LogP contribution in [-0.4, -0.2) is 46.9 Å². The van der Waals surface area contributed by atoms with E-state index in [2.05, 4.69) is 10.0 Å². The standard InChI is InChI=1S/C24H28N2O6S/c1-16-2-6-19(33(28,29)26-18-4-5-18)13-20(16)23(27)25-14-24(8-10-30-11-9-24)17-3-7-21-22(12-17)32-15-31-21/h2-3,6-7,12-13,18,26H,4-5,8-11,14-15H2,1H3,(H,25,27). The number of aryl methyl sites for hydroxylation is 1. The Morgan fingerprint density at radius 1 is 1.06 bits per heavy atom. The Bertz CT molecular complexity index is 1170. The quantitative estimate of drug-likeness (QED) is 0.642. The van der Waals surface area contributed by atoms with Gasteiger partial charge in [0.1, 0.15) is 0 Å². The van der Waals surface area contributed by atoms with Crippen molar-refractivity contribution < 1.29 is 27.4 Å². The van der Waals surface area contributed by atoms with Crippen LogP contribution in [-0.2, 0) is 20.2 Å². The van der Waals surface area contributed by atoms with E-state index in [9.17, 15) is 13.2 Å². The number of fused-ring (bicyclic) bond motifs is 1. The van der Waals surface area contributed by atoms with Crippen LogP contribution in [0.2, 0.25) is 0 Å². The molecule has 1 aliphatic carbocycles. The number of hydrogen-bond donors (Lipinski definition) is 2. The number of sulfonamides is 1. The fourth-order valence-electron chi connectivity index (χ4n) is 4.40. The Morgan fingerprint density at radius 2 is 1.82 bits per heavy atom. The van der Waals surface area contributed by atoms with Gasteiger partial charge in [0, 0.05) is 36.8 Å². The molecule has 1 saturated carbocycles. The molecule has 0 unspecified atom stereocenters. The van der Waals surface area contributed by atoms with Gasteiger partial charge in [-0.3, -0.25) is 4.79 Å². The van der Waals surface area contributed by atoms with Gasteiger partial charge in [-0.15, -0.1) is 0 Å². The summed E-state index contributed by atoms with van der Waals surface area (Å²) in [6.45, 7) is 3.63. The van der Waals surface area contributed by atoms with Crippen molar-refractivity contribution in [2.45, 2.75) is 49.0 Å². The van der Waals surface area contributed by atoms with E-state index in [0.29, 0.717) is 31.1 Å². The molecule has 1 amide bonds. The van der Waals surface area contributed by atoms with Crippen LogP contribution in [0.1, 0.15) is 47.2 Å². The van der Waals surface area contributed by atoms with Gasteiger partial charge < -0.3 is 19.5 Å². The molecular weight excluding hydrogens is 444 g/mol. The van der Waals surface area contributed by atoms with Crippen LogP contribution in [0.5, 0.6) is 11.5 Å². The molecule has 0 atom stereocenters. The summed E-state index contributed by atoms with van der Waals surface area (Å²) < 4.78 is 44.5. The second kappa shape index (κ2) is 8.62. The van der Waals surface area contributed by atoms with E-state index < -0.39 is 10.0 Å². The fraction of sp³-hybridized carbons (Fsp3) is 0.458. The number of ether oxygens (including phenoxy) is 3. The number of carbonyl (C=O) groups excluding carboxylic acids is 1. The molecule has 8 nitrogen and oxygen atoms in total. The van der Waals surface area contributed by atoms with Gasteiger partial charge in [-0.2, -0.15) is 0 Å². The molecule has 3 aliphatic rings. The minimum atomic E-state index is -3.64. The van der Waals surface area contributed by atoms with E-state index in [4.69, 9.17) is 14.2 Å². The van der Waals surface area contributed by atoms with Crippen LogP contribution in [0.15, 0.2) is 41.3 Å². The van der Waals surface area contributed by atoms with Crippen molar-refractivity contribution in [3.63, 3.8) is 0 Å². The van der Waals surface area contributed by atoms with Gasteiger partial charge in [-0.05, 0) is 68.0 Å². The third kappa shape index (κ3) is 4.58. The second-order valence-electron chi connectivity index (χ2n) is 9.02. The molecule has 2 heterocycles. The van der Waals surface area contributed by atoms with Crippen LogP contribution in [0.25, 0.3) is 0 Å². The van der Waals surface area contributed by atoms with E-state index in [1.54, 1.807) is 12.1 Å². The summed E-state index contributed by atoms with van der Waals surface area (Å²) in [6, 6.07) is 10.6. The van der Waals surface area contributed by atoms with Crippen molar-refractivity contribution in [3.05, 3.63) is 53.1 Å². The van der Waals surface area contributed by atoms with Crippen LogP contribution in [0.3, 0.4) is 0 Å². The highest BCUT2D eigenvalue weighted by Crippen LogP contribution is 2.40. The molecule has 2 aromatic rings. The molecule has 0 spiro atoms. The maximum atomic E-state index is 13.2. The molecule has 5 rings (SSSR count). The molecule has 2 N–H and O–H groups in total. The zero-order valence-corrected chi connectivity index (χ0v) is 19.4. The van der Waals surface area contributed by atoms with Gasteiger partial charge in [-0.25, -0.2) is 13.1 Å². The Morgan fingerprint density at radius 3 is 2.58 bits per heavy atom. The number of carbonyl (C=O) groups is 1. The maximum absolute atomic E-state index is 13.2. The summed E-state index contributed by atoms with van der Waals surface area (Å²) in [4.78, 5) is 13.3. The Hall–Kier alpha value is -2.62. The highest BCUT2D eigenvalue weighted by molar-refractivity contribution is 7.89. The molecule has 2 fully saturated rings. The molecular formula is C24H28N2O6S. The monoisotopic (exact) mass is 472 g/mol. The summed E-state index contributed by atoms with van der Waals surface area (Å²) in [5, 5.41) is 3.07. The van der Waals surface area contributed by atoms with E-state index in [-0.39, 0.29) is 29.1 Å². The van der Waals surface area contributed by atoms with E-state index in [1.807, 2.05) is 25.1 Å². The number of nitrogens with one attached hydrogen (secondary N) is 2. The lowest BCUT2D eigenvalue weighted by atomic mass is 9.74. The largest absolute Gasteiger partial charge is 0.454 e. The average Bonchev–Trinajstić information content (AvgIpc) is 3.49. The number of rotatable bonds is 7.